The molecule has 1 heterocycles. The monoisotopic (exact) mass is 562 g/mol. The van der Waals surface area contributed by atoms with Gasteiger partial charge in [-0.25, -0.2) is 26.7 Å². The lowest BCUT2D eigenvalue weighted by atomic mass is 10.1. The van der Waals surface area contributed by atoms with Crippen molar-refractivity contribution in [3.05, 3.63) is 94.8 Å². The van der Waals surface area contributed by atoms with Crippen LogP contribution in [0.3, 0.4) is 0 Å². The van der Waals surface area contributed by atoms with Gasteiger partial charge in [0, 0.05) is 68.5 Å². The number of carboxylic acids is 1. The highest BCUT2D eigenvalue weighted by Crippen LogP contribution is 2.45. The predicted octanol–water partition coefficient (Wildman–Crippen LogP) is 4.56. The number of hydrogen-bond acceptors (Lipinski definition) is 5. The van der Waals surface area contributed by atoms with Crippen LogP contribution in [-0.2, 0) is 17.8 Å². The fourth-order valence-electron chi connectivity index (χ4n) is 5.24. The number of fused-ring (bicyclic) bond motifs is 1. The van der Waals surface area contributed by atoms with Gasteiger partial charge in [-0.05, 0) is 35.6 Å². The zero-order valence-electron chi connectivity index (χ0n) is 21.3. The first kappa shape index (κ1) is 27.9. The predicted molar refractivity (Wildman–Crippen MR) is 134 cm³/mol. The molecule has 11 heteroatoms. The van der Waals surface area contributed by atoms with Gasteiger partial charge < -0.3 is 19.9 Å². The van der Waals surface area contributed by atoms with Crippen LogP contribution in [0.2, 0.25) is 0 Å². The summed E-state index contributed by atoms with van der Waals surface area (Å²) in [5, 5.41) is 12.9. The molecule has 0 spiro atoms. The van der Waals surface area contributed by atoms with E-state index in [-0.39, 0.29) is 24.3 Å². The normalized spacial score (nSPS) is 20.7. The summed E-state index contributed by atoms with van der Waals surface area (Å²) in [6.07, 6.45) is -1.35. The second-order valence-electron chi connectivity index (χ2n) is 10.1. The Morgan fingerprint density at radius 3 is 2.20 bits per heavy atom. The van der Waals surface area contributed by atoms with Crippen LogP contribution in [-0.4, -0.2) is 54.4 Å². The molecule has 1 aliphatic carbocycles. The van der Waals surface area contributed by atoms with Crippen molar-refractivity contribution in [2.24, 2.45) is 11.8 Å². The van der Waals surface area contributed by atoms with Gasteiger partial charge in [0.15, 0.2) is 17.7 Å². The first-order valence-corrected chi connectivity index (χ1v) is 12.8. The van der Waals surface area contributed by atoms with Crippen molar-refractivity contribution in [1.82, 2.24) is 10.2 Å². The third-order valence-corrected chi connectivity index (χ3v) is 7.24. The molecule has 3 aromatic rings. The summed E-state index contributed by atoms with van der Waals surface area (Å²) in [5.74, 6) is -4.74. The molecule has 212 valence electrons. The summed E-state index contributed by atoms with van der Waals surface area (Å²) in [6.45, 7) is 2.75. The Morgan fingerprint density at radius 1 is 0.900 bits per heavy atom. The molecule has 40 heavy (non-hydrogen) atoms. The molecule has 0 amide bonds. The van der Waals surface area contributed by atoms with Crippen LogP contribution >= 0.6 is 0 Å². The number of nitrogens with zero attached hydrogens (tertiary/aromatic N) is 1. The fourth-order valence-corrected chi connectivity index (χ4v) is 5.24. The summed E-state index contributed by atoms with van der Waals surface area (Å²) < 4.78 is 78.3. The molecule has 4 atom stereocenters. The molecule has 5 rings (SSSR count). The minimum atomic E-state index is -1.33. The van der Waals surface area contributed by atoms with Gasteiger partial charge in [-0.2, -0.15) is 0 Å². The molecule has 0 bridgehead atoms. The maximum atomic E-state index is 13.9. The van der Waals surface area contributed by atoms with Gasteiger partial charge >= 0.3 is 5.97 Å². The topological polar surface area (TPSA) is 71.0 Å². The molecule has 2 N–H and O–H groups in total. The first-order valence-electron chi connectivity index (χ1n) is 12.8. The number of hydrogen-bond donors (Lipinski definition) is 2. The smallest absolute Gasteiger partial charge is 0.345 e. The quantitative estimate of drug-likeness (QED) is 0.192. The van der Waals surface area contributed by atoms with Crippen molar-refractivity contribution >= 4 is 5.97 Å². The van der Waals surface area contributed by atoms with Crippen LogP contribution < -0.4 is 14.8 Å². The number of halogens is 5. The minimum absolute atomic E-state index is 0.0144. The number of aliphatic carboxylic acids is 1. The maximum absolute atomic E-state index is 13.9. The number of carboxylic acid groups (broad SMARTS) is 1. The van der Waals surface area contributed by atoms with Gasteiger partial charge in [0.05, 0.1) is 0 Å². The number of rotatable bonds is 12. The molecule has 2 fully saturated rings. The lowest BCUT2D eigenvalue weighted by Crippen LogP contribution is -2.33. The average molecular weight is 563 g/mol. The van der Waals surface area contributed by atoms with Crippen molar-refractivity contribution in [1.29, 1.82) is 0 Å². The van der Waals surface area contributed by atoms with Gasteiger partial charge in [-0.3, -0.25) is 4.90 Å². The molecular formula is C29H27F5N2O4. The Balaban J connectivity index is 1.02. The Bertz CT molecular complexity index is 1340. The van der Waals surface area contributed by atoms with E-state index in [9.17, 15) is 31.9 Å². The van der Waals surface area contributed by atoms with Crippen molar-refractivity contribution in [2.75, 3.05) is 26.2 Å². The Hall–Kier alpha value is -3.70. The summed E-state index contributed by atoms with van der Waals surface area (Å²) in [4.78, 5) is 13.6. The van der Waals surface area contributed by atoms with Crippen molar-refractivity contribution < 1.29 is 41.3 Å². The van der Waals surface area contributed by atoms with Crippen LogP contribution in [0.1, 0.15) is 11.1 Å². The van der Waals surface area contributed by atoms with Crippen LogP contribution in [0, 0.1) is 40.9 Å². The van der Waals surface area contributed by atoms with E-state index < -0.39 is 41.2 Å². The van der Waals surface area contributed by atoms with Gasteiger partial charge in [0.1, 0.15) is 35.6 Å². The number of benzene rings is 3. The average Bonchev–Trinajstić information content (AvgIpc) is 3.34. The van der Waals surface area contributed by atoms with E-state index >= 15 is 0 Å². The molecular weight excluding hydrogens is 535 g/mol. The zero-order valence-corrected chi connectivity index (χ0v) is 21.3. The van der Waals surface area contributed by atoms with Crippen LogP contribution in [0.5, 0.6) is 11.5 Å². The van der Waals surface area contributed by atoms with E-state index in [4.69, 9.17) is 9.47 Å². The van der Waals surface area contributed by atoms with Crippen molar-refractivity contribution in [3.63, 3.8) is 0 Å². The summed E-state index contributed by atoms with van der Waals surface area (Å²) in [5.41, 5.74) is 0.797. The largest absolute Gasteiger partial charge is 0.492 e. The number of carbonyl (C=O) groups is 1. The summed E-state index contributed by atoms with van der Waals surface area (Å²) in [6, 6.07) is 11.2. The highest BCUT2D eigenvalue weighted by molar-refractivity contribution is 5.73. The summed E-state index contributed by atoms with van der Waals surface area (Å²) >= 11 is 0. The standard InChI is InChI=1S/C29H27F5N2O4/c30-18-9-19(31)11-21(10-18)40-27(29(37)38)7-16-1-3-20(4-2-16)39-6-5-35-28-22-14-36(15-23(22)28)13-17-8-25(33)26(34)12-24(17)32/h1-4,8-12,22-23,27-28,35H,5-7,13-15H2,(H,37,38)/t22-,23?,27-,28?/m0/s1. The Morgan fingerprint density at radius 2 is 1.55 bits per heavy atom. The molecule has 3 aromatic carbocycles. The lowest BCUT2D eigenvalue weighted by molar-refractivity contribution is -0.145. The number of likely N-dealkylation sites (tertiary alicyclic amines) is 1. The zero-order chi connectivity index (χ0) is 28.4. The van der Waals surface area contributed by atoms with Gasteiger partial charge in [-0.1, -0.05) is 12.1 Å². The molecule has 0 aromatic heterocycles. The SMILES string of the molecule is O=C(O)[C@H](Cc1ccc(OCCNC2C3CN(Cc4cc(F)c(F)cc4F)C[C@@H]32)cc1)Oc1cc(F)cc(F)c1. The van der Waals surface area contributed by atoms with Gasteiger partial charge in [0.2, 0.25) is 0 Å². The molecule has 1 saturated heterocycles. The van der Waals surface area contributed by atoms with E-state index in [1.54, 1.807) is 24.3 Å². The number of nitrogens with one attached hydrogen (secondary N) is 1. The third-order valence-electron chi connectivity index (χ3n) is 7.24. The van der Waals surface area contributed by atoms with Crippen LogP contribution in [0.25, 0.3) is 0 Å². The van der Waals surface area contributed by atoms with E-state index in [1.807, 2.05) is 4.90 Å². The highest BCUT2D eigenvalue weighted by atomic mass is 19.2. The first-order chi connectivity index (χ1) is 19.2. The lowest BCUT2D eigenvalue weighted by Gasteiger charge is -2.20. The Kier molecular flexibility index (Phi) is 8.22. The molecule has 0 radical (unpaired) electrons. The van der Waals surface area contributed by atoms with E-state index in [0.717, 1.165) is 31.3 Å². The second kappa shape index (κ2) is 11.8. The van der Waals surface area contributed by atoms with Crippen LogP contribution in [0.4, 0.5) is 22.0 Å². The third kappa shape index (κ3) is 6.71. The molecule has 2 unspecified atom stereocenters. The molecule has 1 saturated carbocycles. The number of ether oxygens (including phenoxy) is 2. The summed E-state index contributed by atoms with van der Waals surface area (Å²) in [7, 11) is 0. The van der Waals surface area contributed by atoms with E-state index in [2.05, 4.69) is 5.32 Å². The fraction of sp³-hybridized carbons (Fsp3) is 0.345. The molecule has 2 aliphatic rings. The second-order valence-corrected chi connectivity index (χ2v) is 10.1. The maximum Gasteiger partial charge on any atom is 0.345 e. The van der Waals surface area contributed by atoms with Crippen LogP contribution in [0.15, 0.2) is 54.6 Å². The Labute approximate surface area is 227 Å². The van der Waals surface area contributed by atoms with Crippen molar-refractivity contribution in [2.45, 2.75) is 25.1 Å². The van der Waals surface area contributed by atoms with E-state index in [1.165, 1.54) is 0 Å². The van der Waals surface area contributed by atoms with E-state index in [0.29, 0.717) is 54.5 Å². The molecule has 1 aliphatic heterocycles. The molecule has 6 nitrogen and oxygen atoms in total. The minimum Gasteiger partial charge on any atom is -0.492 e. The van der Waals surface area contributed by atoms with Gasteiger partial charge in [0.25, 0.3) is 0 Å². The van der Waals surface area contributed by atoms with Crippen molar-refractivity contribution in [3.8, 4) is 11.5 Å². The van der Waals surface area contributed by atoms with Gasteiger partial charge in [-0.15, -0.1) is 0 Å². The number of piperidine rings is 1. The highest BCUT2D eigenvalue weighted by Gasteiger charge is 2.55.